The summed E-state index contributed by atoms with van der Waals surface area (Å²) >= 11 is 0. The number of carbonyl (C=O) groups is 1. The summed E-state index contributed by atoms with van der Waals surface area (Å²) in [6, 6.07) is 3.70. The predicted octanol–water partition coefficient (Wildman–Crippen LogP) is 0.316. The van der Waals surface area contributed by atoms with Gasteiger partial charge in [0, 0.05) is 25.4 Å². The highest BCUT2D eigenvalue weighted by Crippen LogP contribution is 2.10. The molecule has 17 heavy (non-hydrogen) atoms. The number of pyridine rings is 1. The highest BCUT2D eigenvalue weighted by molar-refractivity contribution is 5.79. The van der Waals surface area contributed by atoms with E-state index in [1.807, 2.05) is 12.1 Å². The van der Waals surface area contributed by atoms with Crippen LogP contribution in [-0.4, -0.2) is 31.1 Å². The molecule has 2 N–H and O–H groups in total. The molecule has 5 heteroatoms. The van der Waals surface area contributed by atoms with Crippen molar-refractivity contribution in [3.05, 3.63) is 23.9 Å². The number of amides is 1. The molecule has 0 aromatic carbocycles. The normalized spacial score (nSPS) is 19.0. The maximum absolute atomic E-state index is 11.8. The molecule has 0 bridgehead atoms. The summed E-state index contributed by atoms with van der Waals surface area (Å²) in [5.74, 6) is 0.795. The van der Waals surface area contributed by atoms with Gasteiger partial charge in [-0.2, -0.15) is 0 Å². The van der Waals surface area contributed by atoms with Gasteiger partial charge in [0.25, 0.3) is 0 Å². The van der Waals surface area contributed by atoms with Crippen molar-refractivity contribution in [2.24, 2.45) is 5.92 Å². The number of rotatable bonds is 4. The summed E-state index contributed by atoms with van der Waals surface area (Å²) in [5, 5.41) is 6.11. The first-order chi connectivity index (χ1) is 8.29. The molecule has 5 nitrogen and oxygen atoms in total. The molecule has 0 saturated carbocycles. The van der Waals surface area contributed by atoms with Crippen molar-refractivity contribution in [2.75, 3.05) is 20.2 Å². The third-order valence-electron chi connectivity index (χ3n) is 2.91. The monoisotopic (exact) mass is 235 g/mol. The van der Waals surface area contributed by atoms with E-state index in [0.29, 0.717) is 12.4 Å². The topological polar surface area (TPSA) is 63.2 Å². The van der Waals surface area contributed by atoms with Crippen molar-refractivity contribution < 1.29 is 9.53 Å². The fourth-order valence-electron chi connectivity index (χ4n) is 1.88. The molecule has 1 aliphatic rings. The zero-order valence-corrected chi connectivity index (χ0v) is 9.90. The summed E-state index contributed by atoms with van der Waals surface area (Å²) < 4.78 is 5.03. The Labute approximate surface area is 101 Å². The lowest BCUT2D eigenvalue weighted by Crippen LogP contribution is -2.31. The fraction of sp³-hybridized carbons (Fsp3) is 0.500. The van der Waals surface area contributed by atoms with E-state index in [2.05, 4.69) is 15.6 Å². The minimum absolute atomic E-state index is 0.110. The van der Waals surface area contributed by atoms with Gasteiger partial charge in [0.1, 0.15) is 0 Å². The number of carbonyl (C=O) groups excluding carboxylic acids is 1. The van der Waals surface area contributed by atoms with E-state index in [1.165, 1.54) is 0 Å². The van der Waals surface area contributed by atoms with Gasteiger partial charge in [-0.15, -0.1) is 0 Å². The molecule has 1 aliphatic heterocycles. The molecule has 2 rings (SSSR count). The largest absolute Gasteiger partial charge is 0.481 e. The zero-order valence-electron chi connectivity index (χ0n) is 9.90. The van der Waals surface area contributed by atoms with E-state index < -0.39 is 0 Å². The van der Waals surface area contributed by atoms with Gasteiger partial charge in [0.2, 0.25) is 11.8 Å². The van der Waals surface area contributed by atoms with Crippen LogP contribution >= 0.6 is 0 Å². The van der Waals surface area contributed by atoms with Crippen LogP contribution in [0.2, 0.25) is 0 Å². The van der Waals surface area contributed by atoms with Crippen molar-refractivity contribution in [1.82, 2.24) is 15.6 Å². The lowest BCUT2D eigenvalue weighted by atomic mass is 10.1. The molecule has 0 radical (unpaired) electrons. The number of ether oxygens (including phenoxy) is 1. The van der Waals surface area contributed by atoms with Gasteiger partial charge in [-0.1, -0.05) is 0 Å². The molecule has 1 amide bonds. The van der Waals surface area contributed by atoms with E-state index in [-0.39, 0.29) is 11.8 Å². The molecule has 92 valence electrons. The lowest BCUT2D eigenvalue weighted by molar-refractivity contribution is -0.124. The number of hydrogen-bond donors (Lipinski definition) is 2. The second-order valence-electron chi connectivity index (χ2n) is 4.11. The summed E-state index contributed by atoms with van der Waals surface area (Å²) in [6.45, 7) is 2.24. The van der Waals surface area contributed by atoms with Crippen LogP contribution in [0.5, 0.6) is 5.88 Å². The van der Waals surface area contributed by atoms with E-state index in [0.717, 1.165) is 25.1 Å². The van der Waals surface area contributed by atoms with E-state index in [9.17, 15) is 4.79 Å². The first-order valence-corrected chi connectivity index (χ1v) is 5.77. The summed E-state index contributed by atoms with van der Waals surface area (Å²) in [5.41, 5.74) is 0.996. The quantitative estimate of drug-likeness (QED) is 0.788. The van der Waals surface area contributed by atoms with Crippen LogP contribution in [0.1, 0.15) is 12.0 Å². The Morgan fingerprint density at radius 1 is 1.71 bits per heavy atom. The Balaban J connectivity index is 1.86. The molecule has 1 unspecified atom stereocenters. The molecule has 1 aromatic heterocycles. The van der Waals surface area contributed by atoms with Crippen LogP contribution < -0.4 is 15.4 Å². The summed E-state index contributed by atoms with van der Waals surface area (Å²) in [4.78, 5) is 15.8. The fourth-order valence-corrected chi connectivity index (χ4v) is 1.88. The predicted molar refractivity (Wildman–Crippen MR) is 63.6 cm³/mol. The second kappa shape index (κ2) is 5.63. The third-order valence-corrected chi connectivity index (χ3v) is 2.91. The smallest absolute Gasteiger partial charge is 0.224 e. The molecule has 1 fully saturated rings. The van der Waals surface area contributed by atoms with Gasteiger partial charge in [0.15, 0.2) is 0 Å². The van der Waals surface area contributed by atoms with Crippen molar-refractivity contribution >= 4 is 5.91 Å². The molecule has 1 aromatic rings. The minimum atomic E-state index is 0.110. The molecular formula is C12H17N3O2. The first-order valence-electron chi connectivity index (χ1n) is 5.77. The van der Waals surface area contributed by atoms with Gasteiger partial charge >= 0.3 is 0 Å². The average Bonchev–Trinajstić information content (AvgIpc) is 2.90. The van der Waals surface area contributed by atoms with Crippen molar-refractivity contribution in [3.63, 3.8) is 0 Å². The molecule has 1 saturated heterocycles. The average molecular weight is 235 g/mol. The van der Waals surface area contributed by atoms with Crippen molar-refractivity contribution in [2.45, 2.75) is 13.0 Å². The first kappa shape index (κ1) is 11.9. The highest BCUT2D eigenvalue weighted by Gasteiger charge is 2.21. The molecule has 1 atom stereocenters. The van der Waals surface area contributed by atoms with Gasteiger partial charge in [-0.05, 0) is 24.6 Å². The van der Waals surface area contributed by atoms with Gasteiger partial charge in [-0.25, -0.2) is 4.98 Å². The lowest BCUT2D eigenvalue weighted by Gasteiger charge is -2.10. The summed E-state index contributed by atoms with van der Waals surface area (Å²) in [6.07, 6.45) is 2.60. The maximum Gasteiger partial charge on any atom is 0.224 e. The van der Waals surface area contributed by atoms with E-state index in [4.69, 9.17) is 4.74 Å². The third kappa shape index (κ3) is 3.17. The molecular weight excluding hydrogens is 218 g/mol. The Kier molecular flexibility index (Phi) is 3.93. The highest BCUT2D eigenvalue weighted by atomic mass is 16.5. The van der Waals surface area contributed by atoms with Crippen LogP contribution in [0.4, 0.5) is 0 Å². The van der Waals surface area contributed by atoms with Crippen LogP contribution in [0.3, 0.4) is 0 Å². The number of nitrogens with one attached hydrogen (secondary N) is 2. The van der Waals surface area contributed by atoms with Gasteiger partial charge < -0.3 is 15.4 Å². The zero-order chi connectivity index (χ0) is 12.1. The van der Waals surface area contributed by atoms with Gasteiger partial charge in [-0.3, -0.25) is 4.79 Å². The molecule has 2 heterocycles. The number of aromatic nitrogens is 1. The minimum Gasteiger partial charge on any atom is -0.481 e. The molecule has 0 spiro atoms. The molecule has 0 aliphatic carbocycles. The Hall–Kier alpha value is -1.62. The number of methoxy groups -OCH3 is 1. The van der Waals surface area contributed by atoms with Crippen molar-refractivity contribution in [3.8, 4) is 5.88 Å². The van der Waals surface area contributed by atoms with Gasteiger partial charge in [0.05, 0.1) is 13.0 Å². The van der Waals surface area contributed by atoms with Crippen LogP contribution in [0.25, 0.3) is 0 Å². The van der Waals surface area contributed by atoms with Crippen LogP contribution in [0, 0.1) is 5.92 Å². The Bertz CT molecular complexity index is 389. The van der Waals surface area contributed by atoms with Crippen LogP contribution in [0.15, 0.2) is 18.3 Å². The Morgan fingerprint density at radius 2 is 2.59 bits per heavy atom. The van der Waals surface area contributed by atoms with Crippen molar-refractivity contribution in [1.29, 1.82) is 0 Å². The summed E-state index contributed by atoms with van der Waals surface area (Å²) in [7, 11) is 1.58. The standard InChI is InChI=1S/C12H17N3O2/c1-17-11-6-9(2-5-14-11)7-15-12(16)10-3-4-13-8-10/h2,5-6,10,13H,3-4,7-8H2,1H3,(H,15,16). The number of nitrogens with zero attached hydrogens (tertiary/aromatic N) is 1. The second-order valence-corrected chi connectivity index (χ2v) is 4.11. The Morgan fingerprint density at radius 3 is 3.29 bits per heavy atom. The number of hydrogen-bond acceptors (Lipinski definition) is 4. The maximum atomic E-state index is 11.8. The SMILES string of the molecule is COc1cc(CNC(=O)C2CCNC2)ccn1. The van der Waals surface area contributed by atoms with E-state index in [1.54, 1.807) is 13.3 Å². The van der Waals surface area contributed by atoms with E-state index >= 15 is 0 Å². The van der Waals surface area contributed by atoms with Crippen LogP contribution in [-0.2, 0) is 11.3 Å².